The zero-order chi connectivity index (χ0) is 25.7. The molecule has 1 N–H and O–H groups in total. The number of carbonyl (C=O) groups is 2. The Morgan fingerprint density at radius 1 is 0.892 bits per heavy atom. The maximum Gasteiger partial charge on any atom is 0.189 e. The second-order valence-corrected chi connectivity index (χ2v) is 11.3. The molecule has 0 aromatic heterocycles. The molecule has 3 aromatic carbocycles. The number of hydrogen-bond donors (Lipinski definition) is 1. The number of hydrogen-bond acceptors (Lipinski definition) is 5. The highest BCUT2D eigenvalue weighted by atomic mass is 16.3. The van der Waals surface area contributed by atoms with Crippen LogP contribution in [0.5, 0.6) is 0 Å². The number of aliphatic hydroxyl groups is 1. The van der Waals surface area contributed by atoms with E-state index in [1.165, 1.54) is 0 Å². The van der Waals surface area contributed by atoms with E-state index < -0.39 is 16.7 Å². The Labute approximate surface area is 217 Å². The van der Waals surface area contributed by atoms with Gasteiger partial charge in [-0.1, -0.05) is 83.9 Å². The van der Waals surface area contributed by atoms with Crippen molar-refractivity contribution in [2.75, 3.05) is 26.7 Å². The number of Topliss-reactive ketones (excluding diaryl/α,β-unsaturated/α-hetero) is 2. The molecule has 2 bridgehead atoms. The normalized spacial score (nSPS) is 35.1. The number of likely N-dealkylation sites (N-methyl/N-ethyl adjacent to an activating group) is 1. The summed E-state index contributed by atoms with van der Waals surface area (Å²) in [6.07, 6.45) is 1.95. The van der Waals surface area contributed by atoms with E-state index in [-0.39, 0.29) is 17.5 Å². The fourth-order valence-electron chi connectivity index (χ4n) is 7.98. The summed E-state index contributed by atoms with van der Waals surface area (Å²) in [7, 11) is 1.91. The molecule has 3 saturated heterocycles. The van der Waals surface area contributed by atoms with Crippen molar-refractivity contribution in [3.05, 3.63) is 112 Å². The highest BCUT2D eigenvalue weighted by Crippen LogP contribution is 2.71. The van der Waals surface area contributed by atoms with Crippen molar-refractivity contribution in [2.24, 2.45) is 5.41 Å². The highest BCUT2D eigenvalue weighted by Gasteiger charge is 2.87. The molecule has 0 saturated carbocycles. The van der Waals surface area contributed by atoms with Gasteiger partial charge in [-0.05, 0) is 38.1 Å². The van der Waals surface area contributed by atoms with Gasteiger partial charge in [0.2, 0.25) is 0 Å². The minimum absolute atomic E-state index is 0.0173. The smallest absolute Gasteiger partial charge is 0.189 e. The zero-order valence-corrected chi connectivity index (χ0v) is 21.4. The number of aryl methyl sites for hydroxylation is 2. The van der Waals surface area contributed by atoms with Crippen molar-refractivity contribution in [3.8, 4) is 0 Å². The number of nitrogens with zero attached hydrogens (tertiary/aromatic N) is 2. The topological polar surface area (TPSA) is 60.9 Å². The van der Waals surface area contributed by atoms with Crippen LogP contribution < -0.4 is 0 Å². The average molecular weight is 491 g/mol. The minimum Gasteiger partial charge on any atom is -0.369 e. The van der Waals surface area contributed by atoms with Gasteiger partial charge in [0.25, 0.3) is 0 Å². The van der Waals surface area contributed by atoms with Crippen LogP contribution in [-0.2, 0) is 10.5 Å². The fourth-order valence-corrected chi connectivity index (χ4v) is 7.98. The first-order valence-corrected chi connectivity index (χ1v) is 13.0. The third kappa shape index (κ3) is 2.50. The highest BCUT2D eigenvalue weighted by molar-refractivity contribution is 6.18. The Balaban J connectivity index is 1.51. The summed E-state index contributed by atoms with van der Waals surface area (Å²) in [6.45, 7) is 5.24. The van der Waals surface area contributed by atoms with Crippen LogP contribution in [0.4, 0.5) is 0 Å². The van der Waals surface area contributed by atoms with Crippen LogP contribution in [0.25, 0.3) is 6.08 Å². The van der Waals surface area contributed by atoms with Crippen LogP contribution in [0.1, 0.15) is 44.1 Å². The number of carbonyl (C=O) groups excluding carboxylic acids is 2. The number of benzene rings is 3. The molecule has 3 aromatic rings. The number of ketones is 2. The summed E-state index contributed by atoms with van der Waals surface area (Å²) < 4.78 is 0. The van der Waals surface area contributed by atoms with E-state index in [2.05, 4.69) is 24.3 Å². The quantitative estimate of drug-likeness (QED) is 0.549. The maximum absolute atomic E-state index is 14.8. The van der Waals surface area contributed by atoms with E-state index in [1.54, 1.807) is 6.07 Å². The summed E-state index contributed by atoms with van der Waals surface area (Å²) in [5.74, 6) is -0.395. The third-order valence-electron chi connectivity index (χ3n) is 9.50. The van der Waals surface area contributed by atoms with Crippen molar-refractivity contribution in [1.82, 2.24) is 9.80 Å². The molecular weight excluding hydrogens is 460 g/mol. The first-order chi connectivity index (χ1) is 17.7. The van der Waals surface area contributed by atoms with Gasteiger partial charge in [-0.3, -0.25) is 19.4 Å². The largest absolute Gasteiger partial charge is 0.369 e. The van der Waals surface area contributed by atoms with E-state index in [0.717, 1.165) is 22.3 Å². The Morgan fingerprint density at radius 2 is 1.54 bits per heavy atom. The van der Waals surface area contributed by atoms with Crippen LogP contribution in [0.3, 0.4) is 0 Å². The van der Waals surface area contributed by atoms with Crippen molar-refractivity contribution >= 4 is 17.6 Å². The molecule has 7 rings (SSSR count). The van der Waals surface area contributed by atoms with Gasteiger partial charge in [-0.2, -0.15) is 0 Å². The molecule has 3 aliphatic heterocycles. The van der Waals surface area contributed by atoms with E-state index in [9.17, 15) is 14.7 Å². The van der Waals surface area contributed by atoms with Crippen LogP contribution >= 0.6 is 0 Å². The lowest BCUT2D eigenvalue weighted by molar-refractivity contribution is -0.145. The molecule has 5 atom stereocenters. The molecule has 5 heteroatoms. The lowest BCUT2D eigenvalue weighted by Gasteiger charge is -2.44. The number of rotatable bonds is 2. The van der Waals surface area contributed by atoms with Crippen LogP contribution in [0, 0.1) is 19.3 Å². The predicted molar refractivity (Wildman–Crippen MR) is 142 cm³/mol. The van der Waals surface area contributed by atoms with Crippen molar-refractivity contribution < 1.29 is 14.7 Å². The molecule has 5 nitrogen and oxygen atoms in total. The van der Waals surface area contributed by atoms with Gasteiger partial charge >= 0.3 is 0 Å². The van der Waals surface area contributed by atoms with Crippen molar-refractivity contribution in [3.63, 3.8) is 0 Å². The van der Waals surface area contributed by atoms with Crippen molar-refractivity contribution in [2.45, 2.75) is 31.0 Å². The Kier molecular flexibility index (Phi) is 4.53. The molecule has 3 fully saturated rings. The van der Waals surface area contributed by atoms with E-state index >= 15 is 0 Å². The predicted octanol–water partition coefficient (Wildman–Crippen LogP) is 4.08. The summed E-state index contributed by atoms with van der Waals surface area (Å²) in [5.41, 5.74) is 1.97. The first kappa shape index (κ1) is 22.8. The standard InChI is InChI=1S/C32H30N2O3/c1-20-8-12-22(13-9-20)16-24-17-34-19-30(28(24)35)27(23-14-10-21(2)11-15-23)18-33(3)31(30)29(36)25-6-4-5-7-26(25)32(31,34)37/h4-16,27,37H,17-19H2,1-3H3/b24-16+/t27-,30+,31-,32-/m0/s1. The van der Waals surface area contributed by atoms with E-state index in [0.29, 0.717) is 36.3 Å². The molecule has 1 aliphatic carbocycles. The van der Waals surface area contributed by atoms with Gasteiger partial charge in [0.1, 0.15) is 5.54 Å². The fraction of sp³-hybridized carbons (Fsp3) is 0.312. The van der Waals surface area contributed by atoms with Gasteiger partial charge < -0.3 is 5.11 Å². The van der Waals surface area contributed by atoms with Gasteiger partial charge in [0, 0.05) is 42.3 Å². The van der Waals surface area contributed by atoms with Crippen LogP contribution in [0.2, 0.25) is 0 Å². The maximum atomic E-state index is 14.8. The van der Waals surface area contributed by atoms with Gasteiger partial charge in [-0.25, -0.2) is 0 Å². The lowest BCUT2D eigenvalue weighted by atomic mass is 9.58. The summed E-state index contributed by atoms with van der Waals surface area (Å²) in [5, 5.41) is 12.8. The summed E-state index contributed by atoms with van der Waals surface area (Å²) in [6, 6.07) is 23.8. The minimum atomic E-state index is -1.59. The first-order valence-electron chi connectivity index (χ1n) is 13.0. The summed E-state index contributed by atoms with van der Waals surface area (Å²) in [4.78, 5) is 33.3. The number of piperidine rings is 1. The molecule has 0 radical (unpaired) electrons. The molecule has 3 heterocycles. The second kappa shape index (κ2) is 7.35. The zero-order valence-electron chi connectivity index (χ0n) is 21.4. The third-order valence-corrected chi connectivity index (χ3v) is 9.50. The number of likely N-dealkylation sites (tertiary alicyclic amines) is 1. The van der Waals surface area contributed by atoms with E-state index in [4.69, 9.17) is 0 Å². The van der Waals surface area contributed by atoms with E-state index in [1.807, 2.05) is 79.2 Å². The average Bonchev–Trinajstić information content (AvgIpc) is 3.36. The SMILES string of the molecule is Cc1ccc(/C=C2\CN3C[C@]4(C2=O)[C@H](c2ccc(C)cc2)CN(C)[C@@]42C(=O)c4ccccc4[C@@]32O)cc1. The molecular formula is C32H30N2O3. The second-order valence-electron chi connectivity index (χ2n) is 11.3. The van der Waals surface area contributed by atoms with Crippen LogP contribution in [-0.4, -0.2) is 58.7 Å². The van der Waals surface area contributed by atoms with Crippen LogP contribution in [0.15, 0.2) is 78.4 Å². The molecule has 4 aliphatic rings. The Hall–Kier alpha value is -3.38. The molecule has 186 valence electrons. The van der Waals surface area contributed by atoms with Gasteiger partial charge in [0.15, 0.2) is 17.3 Å². The van der Waals surface area contributed by atoms with Gasteiger partial charge in [-0.15, -0.1) is 0 Å². The molecule has 2 spiro atoms. The lowest BCUT2D eigenvalue weighted by Crippen LogP contribution is -2.66. The monoisotopic (exact) mass is 490 g/mol. The molecule has 1 unspecified atom stereocenters. The molecule has 0 amide bonds. The summed E-state index contributed by atoms with van der Waals surface area (Å²) >= 11 is 0. The van der Waals surface area contributed by atoms with Crippen molar-refractivity contribution in [1.29, 1.82) is 0 Å². The Morgan fingerprint density at radius 3 is 2.24 bits per heavy atom. The van der Waals surface area contributed by atoms with Gasteiger partial charge in [0.05, 0.1) is 5.41 Å². The number of fused-ring (bicyclic) bond motifs is 4. The Bertz CT molecular complexity index is 1510. The molecule has 37 heavy (non-hydrogen) atoms.